The molecular weight excluding hydrogens is 250 g/mol. The first-order valence-corrected chi connectivity index (χ1v) is 7.56. The number of amides is 1. The van der Waals surface area contributed by atoms with E-state index >= 15 is 0 Å². The lowest BCUT2D eigenvalue weighted by molar-refractivity contribution is -0.119. The molecule has 0 bridgehead atoms. The average molecular weight is 275 g/mol. The number of nitrogens with one attached hydrogen (secondary N) is 1. The number of benzene rings is 1. The van der Waals surface area contributed by atoms with Gasteiger partial charge in [0, 0.05) is 30.4 Å². The molecule has 1 amide bonds. The van der Waals surface area contributed by atoms with Crippen LogP contribution in [-0.4, -0.2) is 25.5 Å². The smallest absolute Gasteiger partial charge is 0.227 e. The van der Waals surface area contributed by atoms with E-state index in [4.69, 9.17) is 5.73 Å². The highest BCUT2D eigenvalue weighted by Gasteiger charge is 2.15. The van der Waals surface area contributed by atoms with E-state index < -0.39 is 0 Å². The van der Waals surface area contributed by atoms with Crippen molar-refractivity contribution < 1.29 is 4.79 Å². The molecular formula is C16H25N3O. The fraction of sp³-hybridized carbons (Fsp3) is 0.562. The van der Waals surface area contributed by atoms with Gasteiger partial charge in [-0.3, -0.25) is 4.79 Å². The minimum absolute atomic E-state index is 0.00833. The van der Waals surface area contributed by atoms with Crippen LogP contribution < -0.4 is 16.0 Å². The van der Waals surface area contributed by atoms with E-state index in [-0.39, 0.29) is 11.8 Å². The molecule has 1 saturated heterocycles. The summed E-state index contributed by atoms with van der Waals surface area (Å²) < 4.78 is 0. The van der Waals surface area contributed by atoms with Gasteiger partial charge in [-0.15, -0.1) is 0 Å². The maximum Gasteiger partial charge on any atom is 0.227 e. The van der Waals surface area contributed by atoms with E-state index in [0.717, 1.165) is 31.6 Å². The molecule has 1 aliphatic heterocycles. The fourth-order valence-electron chi connectivity index (χ4n) is 2.58. The van der Waals surface area contributed by atoms with Gasteiger partial charge in [-0.2, -0.15) is 0 Å². The third-order valence-corrected chi connectivity index (χ3v) is 3.87. The first kappa shape index (κ1) is 14.9. The van der Waals surface area contributed by atoms with Gasteiger partial charge in [-0.25, -0.2) is 0 Å². The van der Waals surface area contributed by atoms with Crippen molar-refractivity contribution in [2.45, 2.75) is 32.6 Å². The van der Waals surface area contributed by atoms with Gasteiger partial charge in [0.1, 0.15) is 0 Å². The number of nitrogens with two attached hydrogens (primary N) is 1. The normalized spacial score (nSPS) is 16.2. The predicted octanol–water partition coefficient (Wildman–Crippen LogP) is 2.60. The van der Waals surface area contributed by atoms with Crippen LogP contribution >= 0.6 is 0 Å². The quantitative estimate of drug-likeness (QED) is 0.839. The Kier molecular flexibility index (Phi) is 5.41. The zero-order valence-corrected chi connectivity index (χ0v) is 12.3. The number of carbonyl (C=O) groups excluding carboxylic acids is 1. The molecule has 3 N–H and O–H groups in total. The number of anilines is 2. The summed E-state index contributed by atoms with van der Waals surface area (Å²) in [5, 5.41) is 3.01. The second kappa shape index (κ2) is 7.29. The van der Waals surface area contributed by atoms with Gasteiger partial charge in [0.15, 0.2) is 0 Å². The summed E-state index contributed by atoms with van der Waals surface area (Å²) in [5.74, 6) is 0.0889. The minimum Gasteiger partial charge on any atom is -0.371 e. The van der Waals surface area contributed by atoms with Crippen molar-refractivity contribution in [2.75, 3.05) is 29.9 Å². The lowest BCUT2D eigenvalue weighted by Crippen LogP contribution is -2.22. The molecule has 4 nitrogen and oxygen atoms in total. The largest absolute Gasteiger partial charge is 0.371 e. The van der Waals surface area contributed by atoms with E-state index in [1.165, 1.54) is 18.5 Å². The highest BCUT2D eigenvalue weighted by Crippen LogP contribution is 2.23. The van der Waals surface area contributed by atoms with E-state index in [0.29, 0.717) is 6.54 Å². The lowest BCUT2D eigenvalue weighted by atomic mass is 10.0. The molecule has 20 heavy (non-hydrogen) atoms. The first-order valence-electron chi connectivity index (χ1n) is 7.56. The van der Waals surface area contributed by atoms with Gasteiger partial charge >= 0.3 is 0 Å². The second-order valence-corrected chi connectivity index (χ2v) is 5.57. The molecule has 0 aliphatic carbocycles. The molecule has 0 radical (unpaired) electrons. The second-order valence-electron chi connectivity index (χ2n) is 5.57. The Morgan fingerprint density at radius 1 is 1.40 bits per heavy atom. The van der Waals surface area contributed by atoms with E-state index in [1.54, 1.807) is 0 Å². The third-order valence-electron chi connectivity index (χ3n) is 3.87. The molecule has 1 unspecified atom stereocenters. The van der Waals surface area contributed by atoms with Gasteiger partial charge in [0.2, 0.25) is 5.91 Å². The van der Waals surface area contributed by atoms with Crippen LogP contribution in [0.15, 0.2) is 24.3 Å². The van der Waals surface area contributed by atoms with Gasteiger partial charge < -0.3 is 16.0 Å². The Labute approximate surface area is 121 Å². The van der Waals surface area contributed by atoms with Crippen molar-refractivity contribution in [1.29, 1.82) is 0 Å². The van der Waals surface area contributed by atoms with Crippen molar-refractivity contribution in [3.05, 3.63) is 24.3 Å². The van der Waals surface area contributed by atoms with Crippen LogP contribution in [-0.2, 0) is 4.79 Å². The summed E-state index contributed by atoms with van der Waals surface area (Å²) in [5.41, 5.74) is 7.57. The molecule has 0 saturated carbocycles. The van der Waals surface area contributed by atoms with Crippen LogP contribution in [0.5, 0.6) is 0 Å². The fourth-order valence-corrected chi connectivity index (χ4v) is 2.58. The summed E-state index contributed by atoms with van der Waals surface area (Å²) in [6.45, 7) is 4.83. The number of carbonyl (C=O) groups is 1. The maximum atomic E-state index is 12.1. The predicted molar refractivity (Wildman–Crippen MR) is 84.0 cm³/mol. The van der Waals surface area contributed by atoms with Crippen LogP contribution in [0.1, 0.15) is 32.6 Å². The number of hydrogen-bond donors (Lipinski definition) is 2. The third kappa shape index (κ3) is 3.97. The maximum absolute atomic E-state index is 12.1. The van der Waals surface area contributed by atoms with Crippen LogP contribution in [0.4, 0.5) is 11.4 Å². The SMILES string of the molecule is CC(CCCN)C(=O)Nc1cccc(N2CCCC2)c1. The average Bonchev–Trinajstić information content (AvgIpc) is 2.99. The highest BCUT2D eigenvalue weighted by atomic mass is 16.1. The van der Waals surface area contributed by atoms with Crippen molar-refractivity contribution >= 4 is 17.3 Å². The Hall–Kier alpha value is -1.55. The number of rotatable bonds is 6. The van der Waals surface area contributed by atoms with E-state index in [2.05, 4.69) is 22.3 Å². The molecule has 4 heteroatoms. The topological polar surface area (TPSA) is 58.4 Å². The van der Waals surface area contributed by atoms with E-state index in [9.17, 15) is 4.79 Å². The summed E-state index contributed by atoms with van der Waals surface area (Å²) in [6.07, 6.45) is 4.25. The summed E-state index contributed by atoms with van der Waals surface area (Å²) in [6, 6.07) is 8.14. The number of nitrogens with zero attached hydrogens (tertiary/aromatic N) is 1. The summed E-state index contributed by atoms with van der Waals surface area (Å²) in [4.78, 5) is 14.5. The molecule has 1 atom stereocenters. The van der Waals surface area contributed by atoms with Crippen LogP contribution in [0.2, 0.25) is 0 Å². The Morgan fingerprint density at radius 2 is 2.15 bits per heavy atom. The molecule has 1 aliphatic rings. The van der Waals surface area contributed by atoms with Crippen LogP contribution in [0, 0.1) is 5.92 Å². The zero-order valence-electron chi connectivity index (χ0n) is 12.3. The van der Waals surface area contributed by atoms with Crippen molar-refractivity contribution in [2.24, 2.45) is 11.7 Å². The summed E-state index contributed by atoms with van der Waals surface area (Å²) >= 11 is 0. The monoisotopic (exact) mass is 275 g/mol. The van der Waals surface area contributed by atoms with Crippen molar-refractivity contribution in [1.82, 2.24) is 0 Å². The summed E-state index contributed by atoms with van der Waals surface area (Å²) in [7, 11) is 0. The van der Waals surface area contributed by atoms with Crippen molar-refractivity contribution in [3.8, 4) is 0 Å². The molecule has 1 aromatic rings. The van der Waals surface area contributed by atoms with Crippen LogP contribution in [0.3, 0.4) is 0 Å². The van der Waals surface area contributed by atoms with Gasteiger partial charge in [0.05, 0.1) is 0 Å². The zero-order chi connectivity index (χ0) is 14.4. The highest BCUT2D eigenvalue weighted by molar-refractivity contribution is 5.92. The Morgan fingerprint density at radius 3 is 2.85 bits per heavy atom. The van der Waals surface area contributed by atoms with Gasteiger partial charge in [-0.05, 0) is 50.4 Å². The minimum atomic E-state index is 0.00833. The van der Waals surface area contributed by atoms with Gasteiger partial charge in [0.25, 0.3) is 0 Å². The Balaban J connectivity index is 1.95. The first-order chi connectivity index (χ1) is 9.70. The standard InChI is InChI=1S/C16H25N3O/c1-13(6-5-9-17)16(20)18-14-7-4-8-15(12-14)19-10-2-3-11-19/h4,7-8,12-13H,2-3,5-6,9-11,17H2,1H3,(H,18,20). The molecule has 1 fully saturated rings. The van der Waals surface area contributed by atoms with Crippen LogP contribution in [0.25, 0.3) is 0 Å². The van der Waals surface area contributed by atoms with Gasteiger partial charge in [-0.1, -0.05) is 13.0 Å². The molecule has 0 spiro atoms. The van der Waals surface area contributed by atoms with E-state index in [1.807, 2.05) is 19.1 Å². The molecule has 110 valence electrons. The Bertz CT molecular complexity index is 441. The molecule has 2 rings (SSSR count). The number of hydrogen-bond acceptors (Lipinski definition) is 3. The van der Waals surface area contributed by atoms with Crippen molar-refractivity contribution in [3.63, 3.8) is 0 Å². The molecule has 1 heterocycles. The lowest BCUT2D eigenvalue weighted by Gasteiger charge is -2.19. The molecule has 1 aromatic carbocycles. The molecule has 0 aromatic heterocycles.